The molecule has 0 radical (unpaired) electrons. The highest BCUT2D eigenvalue weighted by molar-refractivity contribution is 6.00. The van der Waals surface area contributed by atoms with E-state index in [-0.39, 0.29) is 11.9 Å². The Morgan fingerprint density at radius 2 is 2.11 bits per heavy atom. The Bertz CT molecular complexity index is 469. The van der Waals surface area contributed by atoms with Gasteiger partial charge in [-0.05, 0) is 32.0 Å². The molecule has 1 heterocycles. The Balaban J connectivity index is 2.38. The summed E-state index contributed by atoms with van der Waals surface area (Å²) in [4.78, 5) is 12.2. The molecular formula is C14H18O4. The van der Waals surface area contributed by atoms with E-state index in [0.29, 0.717) is 23.5 Å². The summed E-state index contributed by atoms with van der Waals surface area (Å²) < 4.78 is 16.4. The van der Waals surface area contributed by atoms with Crippen molar-refractivity contribution in [3.8, 4) is 11.5 Å². The molecule has 4 heteroatoms. The van der Waals surface area contributed by atoms with Gasteiger partial charge in [-0.25, -0.2) is 0 Å². The van der Waals surface area contributed by atoms with Crippen LogP contribution in [-0.4, -0.2) is 31.7 Å². The van der Waals surface area contributed by atoms with Gasteiger partial charge in [-0.3, -0.25) is 4.79 Å². The molecule has 18 heavy (non-hydrogen) atoms. The average molecular weight is 250 g/mol. The third kappa shape index (κ3) is 2.08. The molecule has 1 aliphatic heterocycles. The molecule has 0 amide bonds. The maximum absolute atomic E-state index is 12.2. The minimum atomic E-state index is -0.618. The fraction of sp³-hybridized carbons (Fsp3) is 0.500. The van der Waals surface area contributed by atoms with E-state index in [1.807, 2.05) is 13.8 Å². The smallest absolute Gasteiger partial charge is 0.170 e. The summed E-state index contributed by atoms with van der Waals surface area (Å²) in [5.74, 6) is 1.31. The second-order valence-corrected chi connectivity index (χ2v) is 4.75. The summed E-state index contributed by atoms with van der Waals surface area (Å²) in [5, 5.41) is 0. The van der Waals surface area contributed by atoms with E-state index >= 15 is 0 Å². The Hall–Kier alpha value is -1.55. The van der Waals surface area contributed by atoms with E-state index < -0.39 is 5.60 Å². The molecule has 2 atom stereocenters. The predicted molar refractivity (Wildman–Crippen MR) is 67.4 cm³/mol. The number of hydrogen-bond acceptors (Lipinski definition) is 4. The van der Waals surface area contributed by atoms with Crippen LogP contribution in [0, 0.1) is 0 Å². The number of carbonyl (C=O) groups excluding carboxylic acids is 1. The molecule has 4 nitrogen and oxygen atoms in total. The molecule has 0 saturated heterocycles. The third-order valence-corrected chi connectivity index (χ3v) is 3.56. The van der Waals surface area contributed by atoms with Gasteiger partial charge in [-0.1, -0.05) is 0 Å². The molecule has 0 spiro atoms. The van der Waals surface area contributed by atoms with Gasteiger partial charge in [0.15, 0.2) is 5.78 Å². The summed E-state index contributed by atoms with van der Waals surface area (Å²) in [6.45, 7) is 3.80. The van der Waals surface area contributed by atoms with Crippen LogP contribution in [0.25, 0.3) is 0 Å². The SMILES string of the molecule is COc1ccc2c(c1)C(=O)CC(C)(C(C)OC)O2. The zero-order chi connectivity index (χ0) is 13.3. The Kier molecular flexibility index (Phi) is 3.30. The van der Waals surface area contributed by atoms with Gasteiger partial charge in [0.25, 0.3) is 0 Å². The summed E-state index contributed by atoms with van der Waals surface area (Å²) in [6, 6.07) is 5.27. The van der Waals surface area contributed by atoms with Gasteiger partial charge in [0.05, 0.1) is 25.2 Å². The van der Waals surface area contributed by atoms with Crippen LogP contribution >= 0.6 is 0 Å². The zero-order valence-electron chi connectivity index (χ0n) is 11.1. The Labute approximate surface area is 107 Å². The highest BCUT2D eigenvalue weighted by atomic mass is 16.5. The van der Waals surface area contributed by atoms with Gasteiger partial charge in [-0.15, -0.1) is 0 Å². The van der Waals surface area contributed by atoms with E-state index in [9.17, 15) is 4.79 Å². The first-order chi connectivity index (χ1) is 8.50. The molecule has 1 aromatic carbocycles. The number of ketones is 1. The third-order valence-electron chi connectivity index (χ3n) is 3.56. The van der Waals surface area contributed by atoms with Crippen molar-refractivity contribution in [1.82, 2.24) is 0 Å². The summed E-state index contributed by atoms with van der Waals surface area (Å²) in [7, 11) is 3.19. The fourth-order valence-electron chi connectivity index (χ4n) is 2.12. The van der Waals surface area contributed by atoms with Gasteiger partial charge in [0.1, 0.15) is 17.1 Å². The average Bonchev–Trinajstić information content (AvgIpc) is 2.37. The lowest BCUT2D eigenvalue weighted by atomic mass is 9.87. The minimum Gasteiger partial charge on any atom is -0.497 e. The topological polar surface area (TPSA) is 44.8 Å². The number of methoxy groups -OCH3 is 2. The number of ether oxygens (including phenoxy) is 3. The number of carbonyl (C=O) groups is 1. The van der Waals surface area contributed by atoms with Crippen LogP contribution in [0.4, 0.5) is 0 Å². The molecule has 0 fully saturated rings. The molecule has 1 aliphatic rings. The Morgan fingerprint density at radius 3 is 2.72 bits per heavy atom. The van der Waals surface area contributed by atoms with Gasteiger partial charge in [-0.2, -0.15) is 0 Å². The number of fused-ring (bicyclic) bond motifs is 1. The van der Waals surface area contributed by atoms with E-state index in [2.05, 4.69) is 0 Å². The van der Waals surface area contributed by atoms with Crippen molar-refractivity contribution in [2.24, 2.45) is 0 Å². The molecule has 1 aromatic rings. The quantitative estimate of drug-likeness (QED) is 0.826. The molecule has 2 unspecified atom stereocenters. The number of Topliss-reactive ketones (excluding diaryl/α,β-unsaturated/α-hetero) is 1. The highest BCUT2D eigenvalue weighted by Gasteiger charge is 2.41. The van der Waals surface area contributed by atoms with Crippen molar-refractivity contribution in [1.29, 1.82) is 0 Å². The fourth-order valence-corrected chi connectivity index (χ4v) is 2.12. The second kappa shape index (κ2) is 4.61. The van der Waals surface area contributed by atoms with Crippen molar-refractivity contribution in [3.63, 3.8) is 0 Å². The van der Waals surface area contributed by atoms with Crippen molar-refractivity contribution < 1.29 is 19.0 Å². The molecule has 0 aliphatic carbocycles. The normalized spacial score (nSPS) is 24.1. The first kappa shape index (κ1) is 12.9. The van der Waals surface area contributed by atoms with Crippen LogP contribution in [-0.2, 0) is 4.74 Å². The number of hydrogen-bond donors (Lipinski definition) is 0. The lowest BCUT2D eigenvalue weighted by molar-refractivity contribution is -0.0588. The van der Waals surface area contributed by atoms with E-state index in [0.717, 1.165) is 0 Å². The standard InChI is InChI=1S/C14H18O4/c1-9(16-3)14(2)8-12(15)11-7-10(17-4)5-6-13(11)18-14/h5-7,9H,8H2,1-4H3. The number of rotatable bonds is 3. The molecule has 0 saturated carbocycles. The van der Waals surface area contributed by atoms with Crippen LogP contribution in [0.2, 0.25) is 0 Å². The molecule has 0 aromatic heterocycles. The van der Waals surface area contributed by atoms with Gasteiger partial charge < -0.3 is 14.2 Å². The van der Waals surface area contributed by atoms with Crippen molar-refractivity contribution in [2.45, 2.75) is 32.0 Å². The van der Waals surface area contributed by atoms with Crippen LogP contribution in [0.3, 0.4) is 0 Å². The van der Waals surface area contributed by atoms with E-state index in [1.54, 1.807) is 32.4 Å². The Morgan fingerprint density at radius 1 is 1.39 bits per heavy atom. The van der Waals surface area contributed by atoms with E-state index in [4.69, 9.17) is 14.2 Å². The van der Waals surface area contributed by atoms with Crippen LogP contribution in [0.5, 0.6) is 11.5 Å². The van der Waals surface area contributed by atoms with Gasteiger partial charge in [0.2, 0.25) is 0 Å². The lowest BCUT2D eigenvalue weighted by Crippen LogP contribution is -2.48. The van der Waals surface area contributed by atoms with E-state index in [1.165, 1.54) is 0 Å². The molecule has 2 rings (SSSR count). The molecule has 0 N–H and O–H groups in total. The zero-order valence-corrected chi connectivity index (χ0v) is 11.1. The largest absolute Gasteiger partial charge is 0.497 e. The summed E-state index contributed by atoms with van der Waals surface area (Å²) >= 11 is 0. The first-order valence-corrected chi connectivity index (χ1v) is 5.93. The van der Waals surface area contributed by atoms with Crippen molar-refractivity contribution in [2.75, 3.05) is 14.2 Å². The van der Waals surface area contributed by atoms with Gasteiger partial charge >= 0.3 is 0 Å². The lowest BCUT2D eigenvalue weighted by Gasteiger charge is -2.38. The molecule has 98 valence electrons. The minimum absolute atomic E-state index is 0.0570. The summed E-state index contributed by atoms with van der Waals surface area (Å²) in [5.41, 5.74) is -0.0388. The number of benzene rings is 1. The van der Waals surface area contributed by atoms with Crippen molar-refractivity contribution in [3.05, 3.63) is 23.8 Å². The van der Waals surface area contributed by atoms with Crippen LogP contribution < -0.4 is 9.47 Å². The highest BCUT2D eigenvalue weighted by Crippen LogP contribution is 2.37. The van der Waals surface area contributed by atoms with Gasteiger partial charge in [0, 0.05) is 7.11 Å². The second-order valence-electron chi connectivity index (χ2n) is 4.75. The van der Waals surface area contributed by atoms with Crippen molar-refractivity contribution >= 4 is 5.78 Å². The van der Waals surface area contributed by atoms with Crippen LogP contribution in [0.1, 0.15) is 30.6 Å². The first-order valence-electron chi connectivity index (χ1n) is 5.93. The monoisotopic (exact) mass is 250 g/mol. The molecular weight excluding hydrogens is 232 g/mol. The summed E-state index contributed by atoms with van der Waals surface area (Å²) in [6.07, 6.45) is 0.152. The predicted octanol–water partition coefficient (Wildman–Crippen LogP) is 2.45. The van der Waals surface area contributed by atoms with Crippen LogP contribution in [0.15, 0.2) is 18.2 Å². The maximum Gasteiger partial charge on any atom is 0.170 e. The molecule has 0 bridgehead atoms. The maximum atomic E-state index is 12.2.